The molecule has 0 fully saturated rings. The monoisotopic (exact) mass is 887 g/mol. The number of rotatable bonds is 4. The van der Waals surface area contributed by atoms with E-state index in [1.807, 2.05) is 83.3 Å². The van der Waals surface area contributed by atoms with Crippen molar-refractivity contribution >= 4 is 88.6 Å². The van der Waals surface area contributed by atoms with Gasteiger partial charge in [0, 0.05) is 78.4 Å². The molecule has 0 bridgehead atoms. The standard InChI is InChI=1S/C46H26N7O.Pt/c1-2-10-29(11-3-1)50-28-51(46-45(50)48-24-25-49-46)30-12-6-13-31(26-30)54-32-21-22-34-36-17-8-20-40-43(36)53(41(34)27-32)44-38(18-9-23-47-44)37-16-7-15-35-33-14-4-5-19-39(33)52(40)42(35)37;/h1-25,28H;/q-3;. The molecule has 5 aromatic heterocycles. The second kappa shape index (κ2) is 12.1. The van der Waals surface area contributed by atoms with Crippen LogP contribution in [0.25, 0.3) is 65.5 Å². The first kappa shape index (κ1) is 31.7. The molecule has 12 rings (SSSR count). The van der Waals surface area contributed by atoms with E-state index in [0.29, 0.717) is 17.3 Å². The SMILES string of the molecule is [Pt].[c-]1c(Oc2[c-]c3c(cc2)c2cccc4c2n3c2ncccc2c2cccc3c5ccccc5n4c32)cccc1N1[CH-]N(c2ccccc2)c2nccnc21. The molecule has 0 radical (unpaired) electrons. The van der Waals surface area contributed by atoms with E-state index in [2.05, 4.69) is 104 Å². The zero-order valence-electron chi connectivity index (χ0n) is 28.9. The number of hydrogen-bond acceptors (Lipinski definition) is 6. The van der Waals surface area contributed by atoms with E-state index >= 15 is 0 Å². The van der Waals surface area contributed by atoms with Crippen molar-refractivity contribution in [3.8, 4) is 11.5 Å². The number of fused-ring (bicyclic) bond motifs is 11. The number of nitrogens with zero attached hydrogens (tertiary/aromatic N) is 7. The smallest absolute Gasteiger partial charge is 0.145 e. The Hall–Kier alpha value is -6.76. The molecule has 0 saturated carbocycles. The molecule has 0 spiro atoms. The number of benzene rings is 6. The van der Waals surface area contributed by atoms with Crippen molar-refractivity contribution in [1.29, 1.82) is 0 Å². The minimum atomic E-state index is 0. The van der Waals surface area contributed by atoms with Gasteiger partial charge >= 0.3 is 0 Å². The second-order valence-electron chi connectivity index (χ2n) is 13.4. The number of aromatic nitrogens is 5. The Morgan fingerprint density at radius 1 is 0.473 bits per heavy atom. The average molecular weight is 888 g/mol. The molecule has 8 nitrogen and oxygen atoms in total. The Kier molecular flexibility index (Phi) is 7.00. The summed E-state index contributed by atoms with van der Waals surface area (Å²) >= 11 is 0. The van der Waals surface area contributed by atoms with Gasteiger partial charge in [-0.1, -0.05) is 77.9 Å². The molecule has 1 aliphatic rings. The molecule has 0 N–H and O–H groups in total. The summed E-state index contributed by atoms with van der Waals surface area (Å²) in [7, 11) is 0. The molecule has 11 aromatic rings. The fourth-order valence-corrected chi connectivity index (χ4v) is 8.27. The van der Waals surface area contributed by atoms with Gasteiger partial charge in [0.1, 0.15) is 17.3 Å². The van der Waals surface area contributed by atoms with Gasteiger partial charge in [-0.15, -0.1) is 42.4 Å². The zero-order valence-corrected chi connectivity index (χ0v) is 31.1. The summed E-state index contributed by atoms with van der Waals surface area (Å²) in [5.41, 5.74) is 7.99. The van der Waals surface area contributed by atoms with Gasteiger partial charge in [0.2, 0.25) is 0 Å². The van der Waals surface area contributed by atoms with Crippen molar-refractivity contribution in [2.24, 2.45) is 0 Å². The third-order valence-corrected chi connectivity index (χ3v) is 10.5. The molecule has 0 saturated heterocycles. The number of para-hydroxylation sites is 4. The van der Waals surface area contributed by atoms with E-state index in [4.69, 9.17) is 9.72 Å². The first-order chi connectivity index (χ1) is 26.8. The number of pyridine rings is 1. The molecule has 264 valence electrons. The predicted octanol–water partition coefficient (Wildman–Crippen LogP) is 10.9. The van der Waals surface area contributed by atoms with Gasteiger partial charge < -0.3 is 23.3 Å². The van der Waals surface area contributed by atoms with E-state index < -0.39 is 0 Å². The van der Waals surface area contributed by atoms with Crippen LogP contribution in [0, 0.1) is 18.8 Å². The van der Waals surface area contributed by atoms with E-state index in [1.165, 1.54) is 16.3 Å². The molecule has 0 aliphatic carbocycles. The minimum absolute atomic E-state index is 0. The molecular weight excluding hydrogens is 862 g/mol. The summed E-state index contributed by atoms with van der Waals surface area (Å²) in [6, 6.07) is 53.2. The van der Waals surface area contributed by atoms with E-state index in [-0.39, 0.29) is 21.1 Å². The van der Waals surface area contributed by atoms with Crippen molar-refractivity contribution in [2.75, 3.05) is 9.80 Å². The Labute approximate surface area is 328 Å². The van der Waals surface area contributed by atoms with Crippen LogP contribution in [0.4, 0.5) is 23.0 Å². The van der Waals surface area contributed by atoms with Gasteiger partial charge in [-0.2, -0.15) is 12.1 Å². The van der Waals surface area contributed by atoms with Crippen LogP contribution in [0.1, 0.15) is 0 Å². The summed E-state index contributed by atoms with van der Waals surface area (Å²) in [5.74, 6) is 2.58. The van der Waals surface area contributed by atoms with Crippen molar-refractivity contribution in [1.82, 2.24) is 23.8 Å². The minimum Gasteiger partial charge on any atom is -0.509 e. The third kappa shape index (κ3) is 4.58. The van der Waals surface area contributed by atoms with Gasteiger partial charge in [0.15, 0.2) is 0 Å². The summed E-state index contributed by atoms with van der Waals surface area (Å²) in [4.78, 5) is 18.4. The molecule has 0 amide bonds. The topological polar surface area (TPSA) is 63.2 Å². The van der Waals surface area contributed by atoms with Gasteiger partial charge in [-0.25, -0.2) is 15.0 Å². The zero-order chi connectivity index (χ0) is 35.3. The van der Waals surface area contributed by atoms with Crippen LogP contribution in [-0.2, 0) is 21.1 Å². The van der Waals surface area contributed by atoms with E-state index in [0.717, 1.165) is 66.5 Å². The molecule has 9 heteroatoms. The van der Waals surface area contributed by atoms with Crippen molar-refractivity contribution < 1.29 is 25.8 Å². The third-order valence-electron chi connectivity index (χ3n) is 10.5. The largest absolute Gasteiger partial charge is 0.509 e. The molecular formula is C46H26N7OPt-3. The number of anilines is 4. The fraction of sp³-hybridized carbons (Fsp3) is 0. The van der Waals surface area contributed by atoms with Crippen molar-refractivity contribution in [3.05, 3.63) is 171 Å². The number of ether oxygens (including phenoxy) is 1. The van der Waals surface area contributed by atoms with Crippen LogP contribution < -0.4 is 14.5 Å². The van der Waals surface area contributed by atoms with Gasteiger partial charge in [-0.05, 0) is 41.8 Å². The summed E-state index contributed by atoms with van der Waals surface area (Å²) < 4.78 is 11.3. The molecule has 0 atom stereocenters. The fourth-order valence-electron chi connectivity index (χ4n) is 8.27. The molecule has 0 unspecified atom stereocenters. The maximum absolute atomic E-state index is 6.58. The predicted molar refractivity (Wildman–Crippen MR) is 215 cm³/mol. The maximum atomic E-state index is 6.58. The summed E-state index contributed by atoms with van der Waals surface area (Å²) in [5, 5.41) is 6.80. The van der Waals surface area contributed by atoms with Crippen LogP contribution in [0.2, 0.25) is 0 Å². The molecule has 6 aromatic carbocycles. The van der Waals surface area contributed by atoms with E-state index in [1.54, 1.807) is 12.4 Å². The van der Waals surface area contributed by atoms with Crippen LogP contribution in [0.5, 0.6) is 11.5 Å². The molecule has 6 heterocycles. The van der Waals surface area contributed by atoms with Gasteiger partial charge in [0.05, 0.1) is 22.1 Å². The normalized spacial score (nSPS) is 12.8. The maximum Gasteiger partial charge on any atom is 0.145 e. The van der Waals surface area contributed by atoms with Crippen LogP contribution in [0.3, 0.4) is 0 Å². The first-order valence-corrected chi connectivity index (χ1v) is 17.8. The summed E-state index contributed by atoms with van der Waals surface area (Å²) in [6.07, 6.45) is 5.28. The van der Waals surface area contributed by atoms with Crippen LogP contribution >= 0.6 is 0 Å². The van der Waals surface area contributed by atoms with E-state index in [9.17, 15) is 0 Å². The van der Waals surface area contributed by atoms with Crippen LogP contribution in [0.15, 0.2) is 152 Å². The van der Waals surface area contributed by atoms with Crippen molar-refractivity contribution in [2.45, 2.75) is 0 Å². The second-order valence-corrected chi connectivity index (χ2v) is 13.4. The molecule has 1 aliphatic heterocycles. The van der Waals surface area contributed by atoms with Crippen molar-refractivity contribution in [3.63, 3.8) is 0 Å². The Morgan fingerprint density at radius 2 is 1.15 bits per heavy atom. The van der Waals surface area contributed by atoms with Gasteiger partial charge in [0.25, 0.3) is 0 Å². The Bertz CT molecular complexity index is 3320. The molecule has 55 heavy (non-hydrogen) atoms. The van der Waals surface area contributed by atoms with Crippen LogP contribution in [-0.4, -0.2) is 23.8 Å². The average Bonchev–Trinajstić information content (AvgIpc) is 3.89. The summed E-state index contributed by atoms with van der Waals surface area (Å²) in [6.45, 7) is 1.98. The number of hydrogen-bond donors (Lipinski definition) is 0. The quantitative estimate of drug-likeness (QED) is 0.164. The van der Waals surface area contributed by atoms with Gasteiger partial charge in [-0.3, -0.25) is 0 Å². The first-order valence-electron chi connectivity index (χ1n) is 17.8. The Morgan fingerprint density at radius 3 is 2.02 bits per heavy atom. The Balaban J connectivity index is 0.00000352.